The molecule has 1 amide bonds. The molecule has 0 spiro atoms. The molecule has 1 aliphatic heterocycles. The highest BCUT2D eigenvalue weighted by molar-refractivity contribution is 6.19. The lowest BCUT2D eigenvalue weighted by Gasteiger charge is -2.14. The lowest BCUT2D eigenvalue weighted by atomic mass is 9.93. The van der Waals surface area contributed by atoms with Crippen molar-refractivity contribution in [3.8, 4) is 11.5 Å². The number of ether oxygens (including phenoxy) is 2. The average Bonchev–Trinajstić information content (AvgIpc) is 3.06. The highest BCUT2D eigenvalue weighted by Crippen LogP contribution is 2.42. The molecule has 1 aliphatic rings. The molecule has 154 valence electrons. The molecule has 0 aliphatic carbocycles. The molecular formula is C23H29N3O3. The van der Waals surface area contributed by atoms with Crippen molar-refractivity contribution >= 4 is 23.0 Å². The Labute approximate surface area is 172 Å². The molecular weight excluding hydrogens is 366 g/mol. The van der Waals surface area contributed by atoms with Gasteiger partial charge in [-0.3, -0.25) is 9.79 Å². The van der Waals surface area contributed by atoms with Gasteiger partial charge in [0.1, 0.15) is 5.92 Å². The predicted octanol–water partition coefficient (Wildman–Crippen LogP) is 4.42. The van der Waals surface area contributed by atoms with Gasteiger partial charge in [-0.25, -0.2) is 0 Å². The normalized spacial score (nSPS) is 15.8. The zero-order chi connectivity index (χ0) is 20.8. The summed E-state index contributed by atoms with van der Waals surface area (Å²) in [6.45, 7) is 6.02. The Morgan fingerprint density at radius 2 is 1.79 bits per heavy atom. The molecule has 1 heterocycles. The second kappa shape index (κ2) is 9.56. The van der Waals surface area contributed by atoms with E-state index in [4.69, 9.17) is 14.5 Å². The van der Waals surface area contributed by atoms with E-state index >= 15 is 0 Å². The third-order valence-corrected chi connectivity index (χ3v) is 5.05. The summed E-state index contributed by atoms with van der Waals surface area (Å²) in [5.74, 6) is 0.693. The molecule has 0 aromatic heterocycles. The zero-order valence-electron chi connectivity index (χ0n) is 17.5. The van der Waals surface area contributed by atoms with E-state index in [1.807, 2.05) is 25.1 Å². The molecule has 1 atom stereocenters. The van der Waals surface area contributed by atoms with Gasteiger partial charge in [0, 0.05) is 24.0 Å². The van der Waals surface area contributed by atoms with Crippen molar-refractivity contribution in [3.63, 3.8) is 0 Å². The van der Waals surface area contributed by atoms with Gasteiger partial charge in [-0.1, -0.05) is 26.0 Å². The molecule has 3 rings (SSSR count). The summed E-state index contributed by atoms with van der Waals surface area (Å²) in [5.41, 5.74) is 4.51. The first-order chi connectivity index (χ1) is 14.1. The molecule has 1 unspecified atom stereocenters. The van der Waals surface area contributed by atoms with Crippen LogP contribution >= 0.6 is 0 Å². The number of hydrogen-bond donors (Lipinski definition) is 2. The van der Waals surface area contributed by atoms with Crippen LogP contribution in [0.25, 0.3) is 0 Å². The number of methoxy groups -OCH3 is 2. The summed E-state index contributed by atoms with van der Waals surface area (Å²) >= 11 is 0. The molecule has 2 aromatic carbocycles. The highest BCUT2D eigenvalue weighted by atomic mass is 16.5. The summed E-state index contributed by atoms with van der Waals surface area (Å²) in [4.78, 5) is 17.5. The van der Waals surface area contributed by atoms with Crippen molar-refractivity contribution in [2.75, 3.05) is 26.1 Å². The number of carbonyl (C=O) groups excluding carboxylic acids is 1. The number of hydrogen-bond acceptors (Lipinski definition) is 5. The van der Waals surface area contributed by atoms with Crippen molar-refractivity contribution in [1.82, 2.24) is 5.32 Å². The number of carbonyl (C=O) groups is 1. The van der Waals surface area contributed by atoms with E-state index in [0.717, 1.165) is 42.2 Å². The lowest BCUT2D eigenvalue weighted by molar-refractivity contribution is -0.115. The quantitative estimate of drug-likeness (QED) is 0.487. The molecule has 0 saturated carbocycles. The van der Waals surface area contributed by atoms with E-state index < -0.39 is 5.92 Å². The van der Waals surface area contributed by atoms with Crippen LogP contribution in [0.15, 0.2) is 41.4 Å². The summed E-state index contributed by atoms with van der Waals surface area (Å²) < 4.78 is 10.8. The van der Waals surface area contributed by atoms with E-state index in [0.29, 0.717) is 17.9 Å². The number of nitrogens with zero attached hydrogens (tertiary/aromatic N) is 1. The molecule has 6 nitrogen and oxygen atoms in total. The minimum atomic E-state index is -0.430. The van der Waals surface area contributed by atoms with Crippen LogP contribution in [-0.2, 0) is 11.3 Å². The minimum Gasteiger partial charge on any atom is -0.493 e. The topological polar surface area (TPSA) is 72.0 Å². The van der Waals surface area contributed by atoms with Crippen LogP contribution in [0.1, 0.15) is 43.7 Å². The maximum atomic E-state index is 12.7. The zero-order valence-corrected chi connectivity index (χ0v) is 17.5. The summed E-state index contributed by atoms with van der Waals surface area (Å²) in [6, 6.07) is 11.8. The maximum Gasteiger partial charge on any atom is 0.237 e. The lowest BCUT2D eigenvalue weighted by Crippen LogP contribution is -2.20. The summed E-state index contributed by atoms with van der Waals surface area (Å²) in [6.07, 6.45) is 1.79. The summed E-state index contributed by atoms with van der Waals surface area (Å²) in [7, 11) is 3.17. The van der Waals surface area contributed by atoms with Gasteiger partial charge < -0.3 is 20.1 Å². The molecule has 0 radical (unpaired) electrons. The van der Waals surface area contributed by atoms with E-state index in [2.05, 4.69) is 29.7 Å². The molecule has 0 saturated heterocycles. The van der Waals surface area contributed by atoms with Crippen molar-refractivity contribution in [1.29, 1.82) is 0 Å². The van der Waals surface area contributed by atoms with Crippen LogP contribution in [0, 0.1) is 0 Å². The van der Waals surface area contributed by atoms with Crippen molar-refractivity contribution in [2.24, 2.45) is 4.99 Å². The number of amides is 1. The Balaban J connectivity index is 1.88. The largest absolute Gasteiger partial charge is 0.493 e. The third-order valence-electron chi connectivity index (χ3n) is 5.05. The number of benzene rings is 2. The Morgan fingerprint density at radius 3 is 2.41 bits per heavy atom. The number of aliphatic imine (C=N–C) groups is 1. The Morgan fingerprint density at radius 1 is 1.10 bits per heavy atom. The van der Waals surface area contributed by atoms with Gasteiger partial charge in [0.25, 0.3) is 0 Å². The predicted molar refractivity (Wildman–Crippen MR) is 117 cm³/mol. The summed E-state index contributed by atoms with van der Waals surface area (Å²) in [5, 5.41) is 6.34. The number of rotatable bonds is 9. The van der Waals surface area contributed by atoms with Gasteiger partial charge in [-0.2, -0.15) is 0 Å². The third kappa shape index (κ3) is 4.59. The fourth-order valence-electron chi connectivity index (χ4n) is 3.53. The van der Waals surface area contributed by atoms with Gasteiger partial charge >= 0.3 is 0 Å². The molecule has 2 N–H and O–H groups in total. The van der Waals surface area contributed by atoms with Gasteiger partial charge in [0.2, 0.25) is 5.91 Å². The van der Waals surface area contributed by atoms with Crippen LogP contribution < -0.4 is 20.1 Å². The number of fused-ring (bicyclic) bond motifs is 1. The van der Waals surface area contributed by atoms with Crippen LogP contribution in [0.2, 0.25) is 0 Å². The standard InChI is InChI=1S/C23H29N3O3/c1-5-11-24-14-15-7-9-16(10-8-15)25-18(6-2)22-17-12-20(28-3)21(29-4)13-19(17)26-23(22)27/h7-10,12-13,22,24H,5-6,11,14H2,1-4H3,(H,26,27). The van der Waals surface area contributed by atoms with Crippen LogP contribution in [0.5, 0.6) is 11.5 Å². The SMILES string of the molecule is CCCNCc1ccc(N=C(CC)C2C(=O)Nc3cc(OC)c(OC)cc32)cc1. The van der Waals surface area contributed by atoms with Gasteiger partial charge in [-0.05, 0) is 48.7 Å². The van der Waals surface area contributed by atoms with Crippen molar-refractivity contribution in [3.05, 3.63) is 47.5 Å². The fourth-order valence-corrected chi connectivity index (χ4v) is 3.53. The Kier molecular flexibility index (Phi) is 6.88. The Bertz CT molecular complexity index is 891. The molecule has 6 heteroatoms. The second-order valence-corrected chi connectivity index (χ2v) is 7.02. The molecule has 0 bridgehead atoms. The van der Waals surface area contributed by atoms with Crippen molar-refractivity contribution in [2.45, 2.75) is 39.2 Å². The monoisotopic (exact) mass is 395 g/mol. The fraction of sp³-hybridized carbons (Fsp3) is 0.391. The minimum absolute atomic E-state index is 0.0729. The van der Waals surface area contributed by atoms with E-state index in [-0.39, 0.29) is 5.91 Å². The first-order valence-corrected chi connectivity index (χ1v) is 10.0. The smallest absolute Gasteiger partial charge is 0.237 e. The van der Waals surface area contributed by atoms with Gasteiger partial charge in [0.15, 0.2) is 11.5 Å². The van der Waals surface area contributed by atoms with Crippen LogP contribution in [0.4, 0.5) is 11.4 Å². The van der Waals surface area contributed by atoms with Crippen LogP contribution in [0.3, 0.4) is 0 Å². The average molecular weight is 396 g/mol. The van der Waals surface area contributed by atoms with E-state index in [1.165, 1.54) is 5.56 Å². The van der Waals surface area contributed by atoms with E-state index in [9.17, 15) is 4.79 Å². The first-order valence-electron chi connectivity index (χ1n) is 10.0. The second-order valence-electron chi connectivity index (χ2n) is 7.02. The molecule has 2 aromatic rings. The van der Waals surface area contributed by atoms with Crippen molar-refractivity contribution < 1.29 is 14.3 Å². The number of nitrogens with one attached hydrogen (secondary N) is 2. The maximum absolute atomic E-state index is 12.7. The Hall–Kier alpha value is -2.86. The molecule has 0 fully saturated rings. The van der Waals surface area contributed by atoms with Gasteiger partial charge in [0.05, 0.1) is 19.9 Å². The molecule has 29 heavy (non-hydrogen) atoms. The number of anilines is 1. The van der Waals surface area contributed by atoms with Crippen LogP contribution in [-0.4, -0.2) is 32.4 Å². The first kappa shape index (κ1) is 20.9. The van der Waals surface area contributed by atoms with E-state index in [1.54, 1.807) is 20.3 Å². The van der Waals surface area contributed by atoms with Gasteiger partial charge in [-0.15, -0.1) is 0 Å². The highest BCUT2D eigenvalue weighted by Gasteiger charge is 2.35.